The lowest BCUT2D eigenvalue weighted by Crippen LogP contribution is -2.23. The fourth-order valence-corrected chi connectivity index (χ4v) is 2.81. The summed E-state index contributed by atoms with van der Waals surface area (Å²) in [6.45, 7) is 4.56. The topological polar surface area (TPSA) is 13.0 Å². The smallest absolute Gasteiger partial charge is 0.0890 e. The lowest BCUT2D eigenvalue weighted by molar-refractivity contribution is 0.287. The first-order valence-electron chi connectivity index (χ1n) is 7.99. The van der Waals surface area contributed by atoms with Crippen molar-refractivity contribution in [2.45, 2.75) is 38.5 Å². The molecule has 0 amide bonds. The van der Waals surface area contributed by atoms with Crippen molar-refractivity contribution in [3.63, 3.8) is 0 Å². The van der Waals surface area contributed by atoms with Crippen molar-refractivity contribution in [2.75, 3.05) is 40.5 Å². The summed E-state index contributed by atoms with van der Waals surface area (Å²) in [5.41, 5.74) is 0. The van der Waals surface area contributed by atoms with E-state index in [0.717, 1.165) is 13.3 Å². The first-order chi connectivity index (χ1) is 9.74. The first kappa shape index (κ1) is 15.1. The van der Waals surface area contributed by atoms with E-state index in [2.05, 4.69) is 58.5 Å². The van der Waals surface area contributed by atoms with Gasteiger partial charge in [0.1, 0.15) is 0 Å². The van der Waals surface area contributed by atoms with Crippen LogP contribution in [-0.2, 0) is 0 Å². The maximum atomic E-state index is 2.40. The van der Waals surface area contributed by atoms with E-state index in [0.29, 0.717) is 0 Å². The third kappa shape index (κ3) is 5.35. The second kappa shape index (κ2) is 8.08. The minimum absolute atomic E-state index is 1.07. The van der Waals surface area contributed by atoms with Gasteiger partial charge in [0.25, 0.3) is 0 Å². The molecule has 0 unspecified atom stereocenters. The molecule has 0 saturated carbocycles. The molecule has 4 nitrogen and oxygen atoms in total. The Morgan fingerprint density at radius 3 is 1.35 bits per heavy atom. The molecule has 0 spiro atoms. The van der Waals surface area contributed by atoms with Crippen molar-refractivity contribution in [3.05, 3.63) is 24.8 Å². The van der Waals surface area contributed by atoms with E-state index in [1.165, 1.54) is 51.6 Å². The molecule has 0 N–H and O–H groups in total. The number of hydrogen-bond donors (Lipinski definition) is 0. The van der Waals surface area contributed by atoms with Gasteiger partial charge < -0.3 is 19.6 Å². The van der Waals surface area contributed by atoms with E-state index in [1.807, 2.05) is 0 Å². The molecule has 2 aliphatic heterocycles. The number of unbranched alkanes of at least 4 members (excludes halogenated alkanes) is 5. The summed E-state index contributed by atoms with van der Waals surface area (Å²) in [6, 6.07) is 0. The summed E-state index contributed by atoms with van der Waals surface area (Å²) >= 11 is 0. The fraction of sp³-hybridized carbons (Fsp3) is 0.750. The Hall–Kier alpha value is -1.32. The maximum absolute atomic E-state index is 2.40. The fourth-order valence-electron chi connectivity index (χ4n) is 2.81. The average molecular weight is 278 g/mol. The van der Waals surface area contributed by atoms with Gasteiger partial charge in [-0.1, -0.05) is 25.7 Å². The van der Waals surface area contributed by atoms with Crippen LogP contribution in [0, 0.1) is 0 Å². The van der Waals surface area contributed by atoms with Gasteiger partial charge >= 0.3 is 0 Å². The van der Waals surface area contributed by atoms with Crippen molar-refractivity contribution in [1.29, 1.82) is 0 Å². The predicted molar refractivity (Wildman–Crippen MR) is 84.7 cm³/mol. The van der Waals surface area contributed by atoms with Gasteiger partial charge in [0.15, 0.2) is 0 Å². The van der Waals surface area contributed by atoms with Gasteiger partial charge in [-0.15, -0.1) is 0 Å². The largest absolute Gasteiger partial charge is 0.362 e. The lowest BCUT2D eigenvalue weighted by atomic mass is 10.1. The zero-order valence-corrected chi connectivity index (χ0v) is 13.2. The third-order valence-electron chi connectivity index (χ3n) is 4.01. The van der Waals surface area contributed by atoms with Gasteiger partial charge in [-0.05, 0) is 12.8 Å². The van der Waals surface area contributed by atoms with Gasteiger partial charge in [0.05, 0.1) is 13.3 Å². The van der Waals surface area contributed by atoms with Crippen molar-refractivity contribution in [2.24, 2.45) is 0 Å². The molecule has 0 atom stereocenters. The maximum Gasteiger partial charge on any atom is 0.0890 e. The summed E-state index contributed by atoms with van der Waals surface area (Å²) in [7, 11) is 4.26. The summed E-state index contributed by atoms with van der Waals surface area (Å²) < 4.78 is 0. The predicted octanol–water partition coefficient (Wildman–Crippen LogP) is 2.68. The summed E-state index contributed by atoms with van der Waals surface area (Å²) in [5.74, 6) is 0. The van der Waals surface area contributed by atoms with Crippen LogP contribution < -0.4 is 0 Å². The molecule has 4 heteroatoms. The van der Waals surface area contributed by atoms with Crippen LogP contribution in [-0.4, -0.2) is 60.1 Å². The standard InChI is InChI=1S/C16H30N4/c1-17-11-13-19(15-17)9-7-5-3-4-6-8-10-20-14-12-18(2)16-20/h11-14H,3-10,15-16H2,1-2H3. The number of hydrogen-bond acceptors (Lipinski definition) is 4. The Bertz CT molecular complexity index is 294. The minimum Gasteiger partial charge on any atom is -0.362 e. The lowest BCUT2D eigenvalue weighted by Gasteiger charge is -2.18. The highest BCUT2D eigenvalue weighted by Crippen LogP contribution is 2.11. The van der Waals surface area contributed by atoms with Crippen molar-refractivity contribution >= 4 is 0 Å². The van der Waals surface area contributed by atoms with Gasteiger partial charge in [0.2, 0.25) is 0 Å². The minimum atomic E-state index is 1.07. The molecule has 20 heavy (non-hydrogen) atoms. The number of rotatable bonds is 9. The normalized spacial score (nSPS) is 17.9. The quantitative estimate of drug-likeness (QED) is 0.601. The van der Waals surface area contributed by atoms with Crippen LogP contribution in [0.5, 0.6) is 0 Å². The van der Waals surface area contributed by atoms with Gasteiger partial charge in [0, 0.05) is 52.0 Å². The molecule has 0 aliphatic carbocycles. The molecular formula is C16H30N4. The molecule has 2 heterocycles. The molecule has 2 rings (SSSR count). The van der Waals surface area contributed by atoms with Crippen LogP contribution in [0.1, 0.15) is 38.5 Å². The SMILES string of the molecule is CN1C=CN(CCCCCCCCN2C=CN(C)C2)C1. The van der Waals surface area contributed by atoms with Crippen LogP contribution in [0.15, 0.2) is 24.8 Å². The molecule has 0 bridgehead atoms. The van der Waals surface area contributed by atoms with Gasteiger partial charge in [-0.3, -0.25) is 0 Å². The second-order valence-corrected chi connectivity index (χ2v) is 6.14. The summed E-state index contributed by atoms with van der Waals surface area (Å²) in [6.07, 6.45) is 16.9. The van der Waals surface area contributed by atoms with E-state index in [1.54, 1.807) is 0 Å². The highest BCUT2D eigenvalue weighted by Gasteiger charge is 2.08. The van der Waals surface area contributed by atoms with E-state index in [4.69, 9.17) is 0 Å². The Labute approximate surface area is 124 Å². The molecule has 114 valence electrons. The van der Waals surface area contributed by atoms with E-state index in [-0.39, 0.29) is 0 Å². The molecule has 0 saturated heterocycles. The third-order valence-corrected chi connectivity index (χ3v) is 4.01. The highest BCUT2D eigenvalue weighted by atomic mass is 15.3. The molecule has 0 aromatic carbocycles. The van der Waals surface area contributed by atoms with E-state index >= 15 is 0 Å². The first-order valence-corrected chi connectivity index (χ1v) is 7.99. The second-order valence-electron chi connectivity index (χ2n) is 6.14. The van der Waals surface area contributed by atoms with Crippen molar-refractivity contribution < 1.29 is 0 Å². The zero-order chi connectivity index (χ0) is 14.2. The highest BCUT2D eigenvalue weighted by molar-refractivity contribution is 4.89. The van der Waals surface area contributed by atoms with Crippen LogP contribution in [0.3, 0.4) is 0 Å². The van der Waals surface area contributed by atoms with Crippen LogP contribution >= 0.6 is 0 Å². The van der Waals surface area contributed by atoms with E-state index in [9.17, 15) is 0 Å². The molecule has 0 aromatic heterocycles. The molecule has 0 radical (unpaired) electrons. The molecule has 0 fully saturated rings. The summed E-state index contributed by atoms with van der Waals surface area (Å²) in [4.78, 5) is 9.25. The van der Waals surface area contributed by atoms with Gasteiger partial charge in [-0.25, -0.2) is 0 Å². The van der Waals surface area contributed by atoms with Crippen molar-refractivity contribution in [1.82, 2.24) is 19.6 Å². The zero-order valence-electron chi connectivity index (χ0n) is 13.2. The van der Waals surface area contributed by atoms with E-state index < -0.39 is 0 Å². The monoisotopic (exact) mass is 278 g/mol. The van der Waals surface area contributed by atoms with Crippen LogP contribution in [0.4, 0.5) is 0 Å². The Balaban J connectivity index is 1.35. The molecular weight excluding hydrogens is 248 g/mol. The molecule has 0 aromatic rings. The van der Waals surface area contributed by atoms with Crippen LogP contribution in [0.25, 0.3) is 0 Å². The molecule has 2 aliphatic rings. The Morgan fingerprint density at radius 1 is 0.600 bits per heavy atom. The average Bonchev–Trinajstić information content (AvgIpc) is 3.02. The van der Waals surface area contributed by atoms with Crippen molar-refractivity contribution in [3.8, 4) is 0 Å². The van der Waals surface area contributed by atoms with Crippen LogP contribution in [0.2, 0.25) is 0 Å². The Morgan fingerprint density at radius 2 is 1.00 bits per heavy atom. The van der Waals surface area contributed by atoms with Gasteiger partial charge in [-0.2, -0.15) is 0 Å². The summed E-state index contributed by atoms with van der Waals surface area (Å²) in [5, 5.41) is 0. The number of nitrogens with zero attached hydrogens (tertiary/aromatic N) is 4. The Kier molecular flexibility index (Phi) is 6.09.